The smallest absolute Gasteiger partial charge is 0.335 e. The number of nitrogens with one attached hydrogen (secondary N) is 2. The zero-order valence-electron chi connectivity index (χ0n) is 37.8. The first-order valence-corrected chi connectivity index (χ1v) is 20.6. The van der Waals surface area contributed by atoms with Gasteiger partial charge in [0.2, 0.25) is 0 Å². The third-order valence-electron chi connectivity index (χ3n) is 9.13. The van der Waals surface area contributed by atoms with E-state index in [4.69, 9.17) is 28.4 Å². The van der Waals surface area contributed by atoms with Crippen LogP contribution in [0.25, 0.3) is 0 Å². The average Bonchev–Trinajstić information content (AvgIpc) is 3.25. The number of hydrogen-bond donors (Lipinski definition) is 3. The van der Waals surface area contributed by atoms with Crippen molar-refractivity contribution >= 4 is 59.5 Å². The summed E-state index contributed by atoms with van der Waals surface area (Å²) in [5.74, 6) is -9.42. The molecule has 0 radical (unpaired) electrons. The highest BCUT2D eigenvalue weighted by Crippen LogP contribution is 2.35. The van der Waals surface area contributed by atoms with E-state index in [-0.39, 0.29) is 103 Å². The number of esters is 6. The van der Waals surface area contributed by atoms with Crippen molar-refractivity contribution in [3.63, 3.8) is 0 Å². The van der Waals surface area contributed by atoms with E-state index in [9.17, 15) is 53.1 Å². The van der Waals surface area contributed by atoms with Crippen molar-refractivity contribution in [2.24, 2.45) is 0 Å². The summed E-state index contributed by atoms with van der Waals surface area (Å²) in [6, 6.07) is 18.0. The van der Waals surface area contributed by atoms with Gasteiger partial charge >= 0.3 is 41.8 Å². The summed E-state index contributed by atoms with van der Waals surface area (Å²) in [4.78, 5) is 128. The van der Waals surface area contributed by atoms with Crippen LogP contribution in [0.3, 0.4) is 0 Å². The molecule has 4 rings (SSSR count). The minimum Gasteiger partial charge on any atom is -0.478 e. The molecule has 3 amide bonds. The van der Waals surface area contributed by atoms with E-state index in [2.05, 4.69) is 10.6 Å². The largest absolute Gasteiger partial charge is 0.478 e. The molecule has 4 aromatic rings. The molecule has 0 saturated heterocycles. The number of carbonyl (C=O) groups is 10. The fourth-order valence-electron chi connectivity index (χ4n) is 6.37. The molecule has 0 spiro atoms. The van der Waals surface area contributed by atoms with Crippen molar-refractivity contribution in [1.82, 2.24) is 20.4 Å². The number of hydrogen-bond acceptors (Lipinski definition) is 17. The molecule has 68 heavy (non-hydrogen) atoms. The van der Waals surface area contributed by atoms with Gasteiger partial charge in [-0.2, -0.15) is 0 Å². The van der Waals surface area contributed by atoms with E-state index in [1.54, 1.807) is 4.90 Å². The van der Waals surface area contributed by atoms with Gasteiger partial charge in [-0.1, -0.05) is 30.3 Å². The first-order valence-electron chi connectivity index (χ1n) is 20.6. The van der Waals surface area contributed by atoms with Crippen molar-refractivity contribution in [2.45, 2.75) is 48.1 Å². The van der Waals surface area contributed by atoms with Gasteiger partial charge < -0.3 is 49.1 Å². The zero-order chi connectivity index (χ0) is 50.1. The maximum Gasteiger partial charge on any atom is 0.335 e. The highest BCUT2D eigenvalue weighted by molar-refractivity contribution is 6.00. The lowest BCUT2D eigenvalue weighted by Gasteiger charge is -2.29. The number of amides is 3. The van der Waals surface area contributed by atoms with E-state index in [0.29, 0.717) is 5.56 Å². The summed E-state index contributed by atoms with van der Waals surface area (Å²) in [7, 11) is 0. The van der Waals surface area contributed by atoms with Crippen molar-refractivity contribution in [3.05, 3.63) is 107 Å². The number of carboxylic acid groups (broad SMARTS) is 1. The van der Waals surface area contributed by atoms with Crippen LogP contribution in [0.4, 0.5) is 0 Å². The van der Waals surface area contributed by atoms with Crippen LogP contribution in [0, 0.1) is 0 Å². The average molecular weight is 941 g/mol. The van der Waals surface area contributed by atoms with Crippen LogP contribution >= 0.6 is 0 Å². The van der Waals surface area contributed by atoms with Crippen LogP contribution in [0.1, 0.15) is 88.5 Å². The Morgan fingerprint density at radius 3 is 1.19 bits per heavy atom. The molecule has 0 unspecified atom stereocenters. The van der Waals surface area contributed by atoms with E-state index in [1.807, 2.05) is 0 Å². The molecular weight excluding hydrogens is 893 g/mol. The Morgan fingerprint density at radius 1 is 0.456 bits per heavy atom. The van der Waals surface area contributed by atoms with Crippen LogP contribution < -0.4 is 39.1 Å². The minimum absolute atomic E-state index is 0.00992. The molecule has 0 aliphatic carbocycles. The predicted molar refractivity (Wildman–Crippen MR) is 236 cm³/mol. The Kier molecular flexibility index (Phi) is 19.0. The molecule has 0 atom stereocenters. The molecular formula is C47H48N4O17. The van der Waals surface area contributed by atoms with Gasteiger partial charge in [-0.15, -0.1) is 0 Å². The third-order valence-corrected chi connectivity index (χ3v) is 9.13. The van der Waals surface area contributed by atoms with Crippen LogP contribution in [-0.4, -0.2) is 114 Å². The van der Waals surface area contributed by atoms with E-state index < -0.39 is 59.5 Å². The highest BCUT2D eigenvalue weighted by Gasteiger charge is 2.27. The predicted octanol–water partition coefficient (Wildman–Crippen LogP) is 3.74. The molecule has 0 heterocycles. The monoisotopic (exact) mass is 940 g/mol. The van der Waals surface area contributed by atoms with E-state index >= 15 is 0 Å². The Morgan fingerprint density at radius 2 is 0.824 bits per heavy atom. The summed E-state index contributed by atoms with van der Waals surface area (Å²) in [6.45, 7) is 6.40. The van der Waals surface area contributed by atoms with Gasteiger partial charge in [0, 0.05) is 87.4 Å². The summed E-state index contributed by atoms with van der Waals surface area (Å²) in [6.07, 6.45) is 0. The lowest BCUT2D eigenvalue weighted by Crippen LogP contribution is -2.44. The highest BCUT2D eigenvalue weighted by atomic mass is 16.6. The maximum absolute atomic E-state index is 14.5. The number of benzene rings is 4. The molecule has 4 aromatic carbocycles. The Balaban J connectivity index is 1.68. The van der Waals surface area contributed by atoms with Crippen LogP contribution in [0.15, 0.2) is 78.9 Å². The van der Waals surface area contributed by atoms with Crippen molar-refractivity contribution < 1.29 is 81.5 Å². The summed E-state index contributed by atoms with van der Waals surface area (Å²) in [5, 5.41) is 14.9. The first kappa shape index (κ1) is 52.2. The SMILES string of the molecule is CC(=O)Oc1cccc(C(=O)NCCN(CCNC(=O)c2cccc(OC(C)=O)c2OC(C)=O)CCN(Cc2ccc(C(=O)O)cc2)C(=O)c2cccc(OC(C)=O)c2OC(C)=O)c1OC(C)=O. The number of nitrogens with zero attached hydrogens (tertiary/aromatic N) is 2. The Bertz CT molecular complexity index is 2490. The summed E-state index contributed by atoms with van der Waals surface area (Å²) < 4.78 is 31.4. The molecule has 21 nitrogen and oxygen atoms in total. The lowest BCUT2D eigenvalue weighted by molar-refractivity contribution is -0.134. The number of ether oxygens (including phenoxy) is 6. The molecule has 0 fully saturated rings. The fourth-order valence-corrected chi connectivity index (χ4v) is 6.37. The zero-order valence-corrected chi connectivity index (χ0v) is 37.8. The standard InChI is InChI=1S/C47H48N4O17/c1-27(52)63-38-13-7-10-35(41(38)66-30(4)55)44(58)48-20-22-50(23-21-49-45(59)36-11-8-14-39(64-28(2)53)42(36)67-31(5)56)24-25-51(26-33-16-18-34(19-17-33)47(61)62)46(60)37-12-9-15-40(65-29(3)54)43(37)68-32(6)57/h7-19H,20-26H2,1-6H3,(H,48,58)(H,49,59)(H,61,62). The topological polar surface area (TPSA) is 277 Å². The van der Waals surface area contributed by atoms with Gasteiger partial charge in [0.25, 0.3) is 17.7 Å². The number of rotatable bonds is 21. The molecule has 0 aromatic heterocycles. The van der Waals surface area contributed by atoms with Crippen LogP contribution in [0.5, 0.6) is 34.5 Å². The van der Waals surface area contributed by atoms with E-state index in [1.165, 1.54) is 83.8 Å². The number of carbonyl (C=O) groups excluding carboxylic acids is 9. The fraction of sp³-hybridized carbons (Fsp3) is 0.277. The number of para-hydroxylation sites is 3. The van der Waals surface area contributed by atoms with Gasteiger partial charge in [0.1, 0.15) is 0 Å². The first-order chi connectivity index (χ1) is 32.2. The quantitative estimate of drug-likeness (QED) is 0.0792. The minimum atomic E-state index is -1.17. The van der Waals surface area contributed by atoms with Crippen molar-refractivity contribution in [2.75, 3.05) is 39.3 Å². The van der Waals surface area contributed by atoms with Crippen molar-refractivity contribution in [3.8, 4) is 34.5 Å². The molecule has 358 valence electrons. The molecule has 3 N–H and O–H groups in total. The molecule has 0 aliphatic rings. The van der Waals surface area contributed by atoms with Gasteiger partial charge in [-0.05, 0) is 54.1 Å². The Labute approximate surface area is 389 Å². The van der Waals surface area contributed by atoms with Gasteiger partial charge in [0.05, 0.1) is 22.3 Å². The molecule has 21 heteroatoms. The molecule has 0 bridgehead atoms. The second-order valence-corrected chi connectivity index (χ2v) is 14.5. The normalized spacial score (nSPS) is 10.5. The van der Waals surface area contributed by atoms with Crippen LogP contribution in [-0.2, 0) is 35.3 Å². The number of carboxylic acids is 1. The van der Waals surface area contributed by atoms with Crippen LogP contribution in [0.2, 0.25) is 0 Å². The molecule has 0 saturated carbocycles. The second kappa shape index (κ2) is 24.7. The van der Waals surface area contributed by atoms with Gasteiger partial charge in [0.15, 0.2) is 34.5 Å². The van der Waals surface area contributed by atoms with Crippen molar-refractivity contribution in [1.29, 1.82) is 0 Å². The summed E-state index contributed by atoms with van der Waals surface area (Å²) in [5.41, 5.74) is 0.0551. The van der Waals surface area contributed by atoms with E-state index in [0.717, 1.165) is 41.5 Å². The maximum atomic E-state index is 14.5. The van der Waals surface area contributed by atoms with Gasteiger partial charge in [-0.3, -0.25) is 48.1 Å². The second-order valence-electron chi connectivity index (χ2n) is 14.5. The lowest BCUT2D eigenvalue weighted by atomic mass is 10.1. The molecule has 0 aliphatic heterocycles. The number of aromatic carboxylic acids is 1. The van der Waals surface area contributed by atoms with Gasteiger partial charge in [-0.25, -0.2) is 4.79 Å². The Hall–Kier alpha value is -8.46. The summed E-state index contributed by atoms with van der Waals surface area (Å²) >= 11 is 0. The third kappa shape index (κ3) is 15.6.